The maximum absolute atomic E-state index is 11.5. The second-order valence-electron chi connectivity index (χ2n) is 4.64. The molecule has 0 saturated carbocycles. The van der Waals surface area contributed by atoms with Gasteiger partial charge in [0, 0.05) is 8.07 Å². The molecule has 0 aliphatic heterocycles. The van der Waals surface area contributed by atoms with Gasteiger partial charge in [0.15, 0.2) is 0 Å². The third kappa shape index (κ3) is 3.94. The fourth-order valence-corrected chi connectivity index (χ4v) is 1.66. The summed E-state index contributed by atoms with van der Waals surface area (Å²) >= 11 is 0. The van der Waals surface area contributed by atoms with E-state index in [4.69, 9.17) is 9.84 Å². The molecular formula is C8H14N4O4Si. The molecule has 17 heavy (non-hydrogen) atoms. The van der Waals surface area contributed by atoms with E-state index in [1.807, 2.05) is 0 Å². The first-order valence-electron chi connectivity index (χ1n) is 5.00. The van der Waals surface area contributed by atoms with Gasteiger partial charge >= 0.3 is 12.1 Å². The molecule has 0 aliphatic rings. The average Bonchev–Trinajstić information content (AvgIpc) is 2.63. The van der Waals surface area contributed by atoms with Gasteiger partial charge in [-0.05, 0) is 16.5 Å². The Morgan fingerprint density at radius 1 is 1.41 bits per heavy atom. The maximum Gasteiger partial charge on any atom is 0.438 e. The minimum atomic E-state index is -1.38. The highest BCUT2D eigenvalue weighted by molar-refractivity contribution is 6.76. The van der Waals surface area contributed by atoms with Crippen LogP contribution in [-0.4, -0.2) is 52.1 Å². The van der Waals surface area contributed by atoms with E-state index in [0.29, 0.717) is 4.68 Å². The second-order valence-corrected chi connectivity index (χ2v) is 10.3. The maximum atomic E-state index is 11.5. The second kappa shape index (κ2) is 5.04. The molecule has 1 heterocycles. The standard InChI is InChI=1S/C8H14N4O4Si/c1-17(2,3)5-4-16-8(15)12-6(7(13)14)9-10-11-12/h4-5H2,1-3H3,(H,13,14). The molecule has 1 N–H and O–H groups in total. The lowest BCUT2D eigenvalue weighted by atomic mass is 10.6. The molecule has 0 unspecified atom stereocenters. The smallest absolute Gasteiger partial charge is 0.438 e. The minimum Gasteiger partial charge on any atom is -0.475 e. The fourth-order valence-electron chi connectivity index (χ4n) is 0.949. The van der Waals surface area contributed by atoms with E-state index in [2.05, 4.69) is 35.2 Å². The summed E-state index contributed by atoms with van der Waals surface area (Å²) in [4.78, 5) is 22.1. The lowest BCUT2D eigenvalue weighted by Gasteiger charge is -2.14. The molecule has 0 aromatic carbocycles. The fraction of sp³-hybridized carbons (Fsp3) is 0.625. The molecule has 0 saturated heterocycles. The lowest BCUT2D eigenvalue weighted by Crippen LogP contribution is -2.25. The average molecular weight is 258 g/mol. The van der Waals surface area contributed by atoms with Gasteiger partial charge in [0.2, 0.25) is 0 Å². The number of ether oxygens (including phenoxy) is 1. The number of carbonyl (C=O) groups excluding carboxylic acids is 1. The Bertz CT molecular complexity index is 425. The molecular weight excluding hydrogens is 244 g/mol. The van der Waals surface area contributed by atoms with Gasteiger partial charge in [-0.1, -0.05) is 19.6 Å². The van der Waals surface area contributed by atoms with E-state index in [0.717, 1.165) is 6.04 Å². The van der Waals surface area contributed by atoms with Crippen molar-refractivity contribution >= 4 is 20.1 Å². The van der Waals surface area contributed by atoms with Crippen LogP contribution < -0.4 is 0 Å². The zero-order valence-electron chi connectivity index (χ0n) is 9.88. The minimum absolute atomic E-state index is 0.244. The number of hydrogen-bond acceptors (Lipinski definition) is 6. The van der Waals surface area contributed by atoms with Crippen molar-refractivity contribution in [1.29, 1.82) is 0 Å². The van der Waals surface area contributed by atoms with Crippen molar-refractivity contribution in [2.45, 2.75) is 25.7 Å². The van der Waals surface area contributed by atoms with Crippen molar-refractivity contribution in [1.82, 2.24) is 20.2 Å². The van der Waals surface area contributed by atoms with Crippen LogP contribution in [0, 0.1) is 0 Å². The molecule has 0 atom stereocenters. The Morgan fingerprint density at radius 2 is 2.06 bits per heavy atom. The van der Waals surface area contributed by atoms with Crippen LogP contribution in [0.5, 0.6) is 0 Å². The van der Waals surface area contributed by atoms with Crippen LogP contribution in [0.15, 0.2) is 0 Å². The Kier molecular flexibility index (Phi) is 3.94. The van der Waals surface area contributed by atoms with Crippen LogP contribution in [0.4, 0.5) is 4.79 Å². The van der Waals surface area contributed by atoms with E-state index in [1.54, 1.807) is 0 Å². The van der Waals surface area contributed by atoms with Gasteiger partial charge in [0.05, 0.1) is 6.61 Å². The summed E-state index contributed by atoms with van der Waals surface area (Å²) in [7, 11) is -1.30. The first kappa shape index (κ1) is 13.3. The van der Waals surface area contributed by atoms with Gasteiger partial charge in [-0.2, -0.15) is 0 Å². The number of aromatic nitrogens is 4. The number of hydrogen-bond donors (Lipinski definition) is 1. The predicted molar refractivity (Wildman–Crippen MR) is 59.7 cm³/mol. The van der Waals surface area contributed by atoms with Crippen molar-refractivity contribution in [3.8, 4) is 0 Å². The van der Waals surface area contributed by atoms with E-state index in [1.165, 1.54) is 0 Å². The molecule has 1 aromatic heterocycles. The largest absolute Gasteiger partial charge is 0.475 e. The zero-order chi connectivity index (χ0) is 13.1. The van der Waals surface area contributed by atoms with Crippen molar-refractivity contribution in [3.63, 3.8) is 0 Å². The van der Waals surface area contributed by atoms with Crippen LogP contribution in [-0.2, 0) is 4.74 Å². The van der Waals surface area contributed by atoms with Crippen LogP contribution in [0.1, 0.15) is 10.6 Å². The van der Waals surface area contributed by atoms with E-state index < -0.39 is 26.0 Å². The van der Waals surface area contributed by atoms with Crippen molar-refractivity contribution in [2.75, 3.05) is 6.61 Å². The summed E-state index contributed by atoms with van der Waals surface area (Å²) in [6, 6.07) is 0.795. The van der Waals surface area contributed by atoms with Crippen molar-refractivity contribution in [2.24, 2.45) is 0 Å². The lowest BCUT2D eigenvalue weighted by molar-refractivity contribution is 0.0672. The number of tetrazole rings is 1. The number of rotatable bonds is 4. The number of aromatic carboxylic acids is 1. The van der Waals surface area contributed by atoms with E-state index in [-0.39, 0.29) is 6.61 Å². The number of carbonyl (C=O) groups is 2. The zero-order valence-corrected chi connectivity index (χ0v) is 10.9. The molecule has 0 spiro atoms. The van der Waals surface area contributed by atoms with Gasteiger partial charge in [0.1, 0.15) is 0 Å². The Balaban J connectivity index is 2.59. The Hall–Kier alpha value is -1.77. The first-order valence-corrected chi connectivity index (χ1v) is 8.71. The predicted octanol–water partition coefficient (Wildman–Crippen LogP) is 0.694. The van der Waals surface area contributed by atoms with Gasteiger partial charge < -0.3 is 9.84 Å². The SMILES string of the molecule is C[Si](C)(C)CCOC(=O)n1nnnc1C(=O)O. The van der Waals surface area contributed by atoms with Crippen molar-refractivity contribution in [3.05, 3.63) is 5.82 Å². The normalized spacial score (nSPS) is 11.2. The molecule has 0 bridgehead atoms. The van der Waals surface area contributed by atoms with Crippen LogP contribution in [0.3, 0.4) is 0 Å². The highest BCUT2D eigenvalue weighted by Crippen LogP contribution is 2.08. The first-order chi connectivity index (χ1) is 7.81. The highest BCUT2D eigenvalue weighted by Gasteiger charge is 2.21. The molecule has 0 amide bonds. The third-order valence-electron chi connectivity index (χ3n) is 1.91. The molecule has 0 aliphatic carbocycles. The van der Waals surface area contributed by atoms with E-state index in [9.17, 15) is 9.59 Å². The van der Waals surface area contributed by atoms with Crippen LogP contribution in [0.2, 0.25) is 25.7 Å². The molecule has 0 radical (unpaired) electrons. The van der Waals surface area contributed by atoms with Gasteiger partial charge in [-0.25, -0.2) is 9.59 Å². The third-order valence-corrected chi connectivity index (χ3v) is 3.62. The quantitative estimate of drug-likeness (QED) is 0.625. The Morgan fingerprint density at radius 3 is 2.59 bits per heavy atom. The monoisotopic (exact) mass is 258 g/mol. The summed E-state index contributed by atoms with van der Waals surface area (Å²) in [5, 5.41) is 18.3. The highest BCUT2D eigenvalue weighted by atomic mass is 28.3. The number of nitrogens with zero attached hydrogens (tertiary/aromatic N) is 4. The summed E-state index contributed by atoms with van der Waals surface area (Å²) < 4.78 is 5.44. The summed E-state index contributed by atoms with van der Waals surface area (Å²) in [5.41, 5.74) is 0. The summed E-state index contributed by atoms with van der Waals surface area (Å²) in [5.74, 6) is -1.93. The van der Waals surface area contributed by atoms with Gasteiger partial charge in [-0.3, -0.25) is 0 Å². The number of carboxylic acids is 1. The van der Waals surface area contributed by atoms with Gasteiger partial charge in [-0.15, -0.1) is 9.78 Å². The van der Waals surface area contributed by atoms with Gasteiger partial charge in [0.25, 0.3) is 5.82 Å². The van der Waals surface area contributed by atoms with Crippen molar-refractivity contribution < 1.29 is 19.4 Å². The molecule has 8 nitrogen and oxygen atoms in total. The Labute approximate surface area is 98.6 Å². The van der Waals surface area contributed by atoms with E-state index >= 15 is 0 Å². The molecule has 9 heteroatoms. The molecule has 1 aromatic rings. The summed E-state index contributed by atoms with van der Waals surface area (Å²) in [6.45, 7) is 6.66. The molecule has 0 fully saturated rings. The topological polar surface area (TPSA) is 107 Å². The van der Waals surface area contributed by atoms with Crippen LogP contribution >= 0.6 is 0 Å². The molecule has 1 rings (SSSR count). The van der Waals surface area contributed by atoms with Crippen LogP contribution in [0.25, 0.3) is 0 Å². The number of carboxylic acid groups (broad SMARTS) is 1. The molecule has 94 valence electrons. The summed E-state index contributed by atoms with van der Waals surface area (Å²) in [6.07, 6.45) is -0.870.